The smallest absolute Gasteiger partial charge is 0.305 e. The zero-order valence-electron chi connectivity index (χ0n) is 10.2. The number of alkyl halides is 3. The van der Waals surface area contributed by atoms with Crippen LogP contribution in [0.15, 0.2) is 30.3 Å². The molecule has 1 saturated heterocycles. The van der Waals surface area contributed by atoms with Crippen LogP contribution in [0.2, 0.25) is 0 Å². The molecule has 0 aliphatic carbocycles. The van der Waals surface area contributed by atoms with E-state index in [9.17, 15) is 4.79 Å². The van der Waals surface area contributed by atoms with Gasteiger partial charge in [-0.2, -0.15) is 0 Å². The zero-order chi connectivity index (χ0) is 14.0. The van der Waals surface area contributed by atoms with E-state index >= 15 is 0 Å². The van der Waals surface area contributed by atoms with Crippen molar-refractivity contribution in [3.05, 3.63) is 35.9 Å². The van der Waals surface area contributed by atoms with Crippen LogP contribution in [0.1, 0.15) is 17.9 Å². The third-order valence-electron chi connectivity index (χ3n) is 2.98. The summed E-state index contributed by atoms with van der Waals surface area (Å²) in [6.07, 6.45) is -0.997. The number of halogens is 3. The minimum absolute atomic E-state index is 0.230. The quantitative estimate of drug-likeness (QED) is 0.629. The molecule has 1 aliphatic heterocycles. The standard InChI is InChI=1S/C13H13Cl3O3/c1-8(17)19-12-13(15,16)10(7-18-12)11(14)9-5-3-2-4-6-9/h2-6,10-12H,7H2,1H3. The van der Waals surface area contributed by atoms with E-state index in [1.54, 1.807) is 0 Å². The van der Waals surface area contributed by atoms with Crippen molar-refractivity contribution in [2.45, 2.75) is 22.9 Å². The van der Waals surface area contributed by atoms with Crippen LogP contribution < -0.4 is 0 Å². The SMILES string of the molecule is CC(=O)OC1OCC(C(Cl)c2ccccc2)C1(Cl)Cl. The Labute approximate surface area is 126 Å². The number of carbonyl (C=O) groups is 1. The molecule has 19 heavy (non-hydrogen) atoms. The van der Waals surface area contributed by atoms with E-state index in [0.29, 0.717) is 0 Å². The van der Waals surface area contributed by atoms with Gasteiger partial charge in [-0.05, 0) is 5.56 Å². The number of esters is 1. The van der Waals surface area contributed by atoms with Crippen LogP contribution in [0.25, 0.3) is 0 Å². The second-order valence-corrected chi connectivity index (χ2v) is 6.28. The predicted molar refractivity (Wildman–Crippen MR) is 74.5 cm³/mol. The third-order valence-corrected chi connectivity index (χ3v) is 4.45. The fraction of sp³-hybridized carbons (Fsp3) is 0.462. The first-order valence-electron chi connectivity index (χ1n) is 5.78. The highest BCUT2D eigenvalue weighted by Crippen LogP contribution is 2.49. The van der Waals surface area contributed by atoms with Gasteiger partial charge in [0.25, 0.3) is 0 Å². The molecule has 1 heterocycles. The number of rotatable bonds is 3. The summed E-state index contributed by atoms with van der Waals surface area (Å²) in [6, 6.07) is 9.44. The average Bonchev–Trinajstić information content (AvgIpc) is 2.65. The van der Waals surface area contributed by atoms with E-state index in [2.05, 4.69) is 0 Å². The van der Waals surface area contributed by atoms with Gasteiger partial charge in [-0.15, -0.1) is 11.6 Å². The van der Waals surface area contributed by atoms with E-state index in [1.165, 1.54) is 6.92 Å². The van der Waals surface area contributed by atoms with Crippen molar-refractivity contribution in [2.24, 2.45) is 5.92 Å². The molecule has 0 saturated carbocycles. The summed E-state index contributed by atoms with van der Waals surface area (Å²) < 4.78 is 8.93. The van der Waals surface area contributed by atoms with Gasteiger partial charge >= 0.3 is 5.97 Å². The normalized spacial score (nSPS) is 26.9. The van der Waals surface area contributed by atoms with Crippen molar-refractivity contribution in [3.63, 3.8) is 0 Å². The summed E-state index contributed by atoms with van der Waals surface area (Å²) in [5.41, 5.74) is 0.895. The van der Waals surface area contributed by atoms with E-state index in [4.69, 9.17) is 44.3 Å². The van der Waals surface area contributed by atoms with Crippen molar-refractivity contribution in [3.8, 4) is 0 Å². The van der Waals surface area contributed by atoms with Gasteiger partial charge in [0.1, 0.15) is 0 Å². The Balaban J connectivity index is 2.16. The van der Waals surface area contributed by atoms with E-state index < -0.39 is 22.0 Å². The fourth-order valence-corrected chi connectivity index (χ4v) is 3.14. The highest BCUT2D eigenvalue weighted by atomic mass is 35.5. The predicted octanol–water partition coefficient (Wildman–Crippen LogP) is 3.68. The van der Waals surface area contributed by atoms with Crippen LogP contribution in [-0.2, 0) is 14.3 Å². The summed E-state index contributed by atoms with van der Waals surface area (Å²) in [5.74, 6) is -0.869. The number of benzene rings is 1. The molecule has 0 aromatic heterocycles. The molecule has 0 N–H and O–H groups in total. The number of hydrogen-bond acceptors (Lipinski definition) is 3. The number of ether oxygens (including phenoxy) is 2. The van der Waals surface area contributed by atoms with Crippen molar-refractivity contribution < 1.29 is 14.3 Å². The molecule has 1 aromatic rings. The van der Waals surface area contributed by atoms with Gasteiger partial charge in [0.2, 0.25) is 6.29 Å². The fourth-order valence-electron chi connectivity index (χ4n) is 2.00. The van der Waals surface area contributed by atoms with E-state index in [1.807, 2.05) is 30.3 Å². The average molecular weight is 324 g/mol. The lowest BCUT2D eigenvalue weighted by atomic mass is 9.97. The summed E-state index contributed by atoms with van der Waals surface area (Å²) >= 11 is 18.9. The second-order valence-electron chi connectivity index (χ2n) is 4.37. The zero-order valence-corrected chi connectivity index (χ0v) is 12.5. The number of carbonyl (C=O) groups excluding carboxylic acids is 1. The molecule has 6 heteroatoms. The maximum absolute atomic E-state index is 11.0. The van der Waals surface area contributed by atoms with Crippen molar-refractivity contribution >= 4 is 40.8 Å². The lowest BCUT2D eigenvalue weighted by Crippen LogP contribution is -2.36. The largest absolute Gasteiger partial charge is 0.433 e. The van der Waals surface area contributed by atoms with E-state index in [-0.39, 0.29) is 12.5 Å². The first-order valence-corrected chi connectivity index (χ1v) is 6.98. The highest BCUT2D eigenvalue weighted by Gasteiger charge is 2.54. The molecule has 0 radical (unpaired) electrons. The maximum Gasteiger partial charge on any atom is 0.305 e. The van der Waals surface area contributed by atoms with Crippen LogP contribution in [0.5, 0.6) is 0 Å². The van der Waals surface area contributed by atoms with Crippen molar-refractivity contribution in [2.75, 3.05) is 6.61 Å². The lowest BCUT2D eigenvalue weighted by Gasteiger charge is -2.27. The molecule has 0 spiro atoms. The molecule has 104 valence electrons. The Hall–Kier alpha value is -0.480. The molecule has 3 atom stereocenters. The Kier molecular flexibility index (Phi) is 4.62. The highest BCUT2D eigenvalue weighted by molar-refractivity contribution is 6.49. The molecular weight excluding hydrogens is 310 g/mol. The van der Waals surface area contributed by atoms with Crippen LogP contribution in [0.3, 0.4) is 0 Å². The molecule has 1 aliphatic rings. The summed E-state index contributed by atoms with van der Waals surface area (Å²) in [4.78, 5) is 11.0. The molecule has 3 nitrogen and oxygen atoms in total. The van der Waals surface area contributed by atoms with Crippen LogP contribution >= 0.6 is 34.8 Å². The van der Waals surface area contributed by atoms with Gasteiger partial charge in [-0.3, -0.25) is 4.79 Å². The minimum atomic E-state index is -1.37. The lowest BCUT2D eigenvalue weighted by molar-refractivity contribution is -0.167. The van der Waals surface area contributed by atoms with Gasteiger partial charge < -0.3 is 9.47 Å². The molecule has 2 rings (SSSR count). The minimum Gasteiger partial charge on any atom is -0.433 e. The Bertz CT molecular complexity index is 450. The van der Waals surface area contributed by atoms with Crippen LogP contribution in [0, 0.1) is 5.92 Å². The summed E-state index contributed by atoms with van der Waals surface area (Å²) in [7, 11) is 0. The molecule has 1 aromatic carbocycles. The van der Waals surface area contributed by atoms with Crippen LogP contribution in [-0.4, -0.2) is 23.2 Å². The Morgan fingerprint density at radius 2 is 2.05 bits per heavy atom. The third kappa shape index (κ3) is 3.16. The van der Waals surface area contributed by atoms with Gasteiger partial charge in [0.05, 0.1) is 12.0 Å². The summed E-state index contributed by atoms with van der Waals surface area (Å²) in [6.45, 7) is 1.50. The van der Waals surface area contributed by atoms with Crippen molar-refractivity contribution in [1.29, 1.82) is 0 Å². The van der Waals surface area contributed by atoms with Crippen LogP contribution in [0.4, 0.5) is 0 Å². The Morgan fingerprint density at radius 3 is 2.63 bits per heavy atom. The van der Waals surface area contributed by atoms with Gasteiger partial charge in [0.15, 0.2) is 4.33 Å². The second kappa shape index (κ2) is 5.88. The van der Waals surface area contributed by atoms with Gasteiger partial charge in [-0.1, -0.05) is 53.5 Å². The molecule has 0 bridgehead atoms. The Morgan fingerprint density at radius 1 is 1.42 bits per heavy atom. The first-order chi connectivity index (χ1) is 8.93. The molecule has 3 unspecified atom stereocenters. The molecule has 0 amide bonds. The molecule has 1 fully saturated rings. The maximum atomic E-state index is 11.0. The number of hydrogen-bond donors (Lipinski definition) is 0. The van der Waals surface area contributed by atoms with Gasteiger partial charge in [0, 0.05) is 12.8 Å². The first kappa shape index (κ1) is 14.9. The molecular formula is C13H13Cl3O3. The van der Waals surface area contributed by atoms with Gasteiger partial charge in [-0.25, -0.2) is 0 Å². The monoisotopic (exact) mass is 322 g/mol. The topological polar surface area (TPSA) is 35.5 Å². The van der Waals surface area contributed by atoms with E-state index in [0.717, 1.165) is 5.56 Å². The summed E-state index contributed by atoms with van der Waals surface area (Å²) in [5, 5.41) is -0.420. The van der Waals surface area contributed by atoms with Crippen molar-refractivity contribution in [1.82, 2.24) is 0 Å².